The molecule has 24 heavy (non-hydrogen) atoms. The van der Waals surface area contributed by atoms with Crippen LogP contribution in [0.3, 0.4) is 0 Å². The number of carbonyl (C=O) groups is 1. The minimum Gasteiger partial charge on any atom is -0.298 e. The van der Waals surface area contributed by atoms with E-state index in [-0.39, 0.29) is 11.2 Å². The number of anilines is 1. The minimum atomic E-state index is -3.28. The Balaban J connectivity index is 1.75. The van der Waals surface area contributed by atoms with Crippen LogP contribution in [0.5, 0.6) is 0 Å². The average molecular weight is 364 g/mol. The van der Waals surface area contributed by atoms with Gasteiger partial charge in [0.2, 0.25) is 0 Å². The Morgan fingerprint density at radius 1 is 1.17 bits per heavy atom. The van der Waals surface area contributed by atoms with Gasteiger partial charge < -0.3 is 0 Å². The molecule has 0 aliphatic heterocycles. The van der Waals surface area contributed by atoms with Crippen LogP contribution >= 0.6 is 11.3 Å². The summed E-state index contributed by atoms with van der Waals surface area (Å²) in [5, 5.41) is 3.03. The number of nitrogens with one attached hydrogen (secondary N) is 1. The van der Waals surface area contributed by atoms with Crippen molar-refractivity contribution in [1.82, 2.24) is 4.98 Å². The minimum absolute atomic E-state index is 0.279. The summed E-state index contributed by atoms with van der Waals surface area (Å²) in [6, 6.07) is 6.18. The Labute approximate surface area is 146 Å². The summed E-state index contributed by atoms with van der Waals surface area (Å²) < 4.78 is 25.1. The molecule has 0 bridgehead atoms. The van der Waals surface area contributed by atoms with Crippen molar-refractivity contribution in [3.8, 4) is 0 Å². The molecule has 1 saturated carbocycles. The zero-order chi connectivity index (χ0) is 17.3. The molecule has 1 heterocycles. The largest absolute Gasteiger partial charge is 0.298 e. The standard InChI is InChI=1S/C17H20N2O3S2/c1-11-12(2)23-17(18-11)19-16(20)13-7-9-15(10-8-13)24(21,22)14-5-3-4-6-14/h7-10,14H,3-6H2,1-2H3,(H,18,19,20). The molecule has 1 aromatic carbocycles. The molecule has 0 unspecified atom stereocenters. The van der Waals surface area contributed by atoms with E-state index < -0.39 is 9.84 Å². The number of hydrogen-bond acceptors (Lipinski definition) is 5. The van der Waals surface area contributed by atoms with E-state index in [2.05, 4.69) is 10.3 Å². The van der Waals surface area contributed by atoms with Crippen LogP contribution in [0.4, 0.5) is 5.13 Å². The molecule has 0 spiro atoms. The summed E-state index contributed by atoms with van der Waals surface area (Å²) in [6.45, 7) is 3.84. The molecular formula is C17H20N2O3S2. The third-order valence-electron chi connectivity index (χ3n) is 4.44. The van der Waals surface area contributed by atoms with Crippen LogP contribution in [0.2, 0.25) is 0 Å². The first-order valence-electron chi connectivity index (χ1n) is 7.97. The highest BCUT2D eigenvalue weighted by atomic mass is 32.2. The maximum absolute atomic E-state index is 12.5. The Morgan fingerprint density at radius 3 is 2.33 bits per heavy atom. The van der Waals surface area contributed by atoms with Gasteiger partial charge in [-0.3, -0.25) is 10.1 Å². The van der Waals surface area contributed by atoms with Crippen molar-refractivity contribution in [2.75, 3.05) is 5.32 Å². The van der Waals surface area contributed by atoms with Gasteiger partial charge in [0, 0.05) is 10.4 Å². The molecule has 1 amide bonds. The predicted molar refractivity (Wildman–Crippen MR) is 95.4 cm³/mol. The molecule has 0 saturated heterocycles. The van der Waals surface area contributed by atoms with Crippen LogP contribution in [0.15, 0.2) is 29.2 Å². The van der Waals surface area contributed by atoms with Crippen molar-refractivity contribution >= 4 is 32.2 Å². The predicted octanol–water partition coefficient (Wildman–Crippen LogP) is 3.73. The summed E-state index contributed by atoms with van der Waals surface area (Å²) in [7, 11) is -3.28. The van der Waals surface area contributed by atoms with Gasteiger partial charge in [-0.05, 0) is 51.0 Å². The van der Waals surface area contributed by atoms with E-state index in [0.717, 1.165) is 36.3 Å². The van der Waals surface area contributed by atoms with E-state index in [0.29, 0.717) is 15.6 Å². The lowest BCUT2D eigenvalue weighted by Crippen LogP contribution is -2.18. The number of aryl methyl sites for hydroxylation is 2. The fourth-order valence-corrected chi connectivity index (χ4v) is 5.55. The average Bonchev–Trinajstić information content (AvgIpc) is 3.19. The lowest BCUT2D eigenvalue weighted by Gasteiger charge is -2.11. The highest BCUT2D eigenvalue weighted by Crippen LogP contribution is 2.29. The fraction of sp³-hybridized carbons (Fsp3) is 0.412. The first-order valence-corrected chi connectivity index (χ1v) is 10.3. The van der Waals surface area contributed by atoms with E-state index in [1.165, 1.54) is 23.5 Å². The van der Waals surface area contributed by atoms with Crippen LogP contribution in [-0.4, -0.2) is 24.6 Å². The molecule has 128 valence electrons. The van der Waals surface area contributed by atoms with Gasteiger partial charge in [0.25, 0.3) is 5.91 Å². The Hall–Kier alpha value is -1.73. The second-order valence-electron chi connectivity index (χ2n) is 6.09. The monoisotopic (exact) mass is 364 g/mol. The van der Waals surface area contributed by atoms with Crippen LogP contribution in [0.1, 0.15) is 46.6 Å². The van der Waals surface area contributed by atoms with E-state index in [1.54, 1.807) is 12.1 Å². The highest BCUT2D eigenvalue weighted by molar-refractivity contribution is 7.92. The number of sulfone groups is 1. The van der Waals surface area contributed by atoms with Gasteiger partial charge in [-0.15, -0.1) is 11.3 Å². The van der Waals surface area contributed by atoms with Crippen LogP contribution in [-0.2, 0) is 9.84 Å². The Kier molecular flexibility index (Phi) is 4.73. The zero-order valence-corrected chi connectivity index (χ0v) is 15.3. The summed E-state index contributed by atoms with van der Waals surface area (Å²) in [6.07, 6.45) is 3.40. The smallest absolute Gasteiger partial charge is 0.257 e. The van der Waals surface area contributed by atoms with E-state index in [4.69, 9.17) is 0 Å². The number of carbonyl (C=O) groups excluding carboxylic acids is 1. The number of rotatable bonds is 4. The molecule has 1 aliphatic rings. The Bertz CT molecular complexity index is 829. The van der Waals surface area contributed by atoms with E-state index in [9.17, 15) is 13.2 Å². The normalized spacial score (nSPS) is 15.6. The van der Waals surface area contributed by atoms with Crippen molar-refractivity contribution in [2.45, 2.75) is 49.7 Å². The molecule has 1 aromatic heterocycles. The molecule has 7 heteroatoms. The number of amides is 1. The summed E-state index contributed by atoms with van der Waals surface area (Å²) >= 11 is 1.42. The van der Waals surface area contributed by atoms with E-state index in [1.807, 2.05) is 13.8 Å². The lowest BCUT2D eigenvalue weighted by molar-refractivity contribution is 0.102. The van der Waals surface area contributed by atoms with E-state index >= 15 is 0 Å². The summed E-state index contributed by atoms with van der Waals surface area (Å²) in [5.74, 6) is -0.284. The topological polar surface area (TPSA) is 76.1 Å². The molecular weight excluding hydrogens is 344 g/mol. The van der Waals surface area contributed by atoms with Gasteiger partial charge in [0.15, 0.2) is 15.0 Å². The number of thiazole rings is 1. The summed E-state index contributed by atoms with van der Waals surface area (Å²) in [5.41, 5.74) is 1.32. The summed E-state index contributed by atoms with van der Waals surface area (Å²) in [4.78, 5) is 17.9. The van der Waals surface area contributed by atoms with Crippen molar-refractivity contribution < 1.29 is 13.2 Å². The van der Waals surface area contributed by atoms with Crippen molar-refractivity contribution in [1.29, 1.82) is 0 Å². The third kappa shape index (κ3) is 3.37. The fourth-order valence-electron chi connectivity index (χ4n) is 2.88. The maximum Gasteiger partial charge on any atom is 0.257 e. The maximum atomic E-state index is 12.5. The van der Waals surface area contributed by atoms with Crippen molar-refractivity contribution in [3.63, 3.8) is 0 Å². The Morgan fingerprint density at radius 2 is 1.79 bits per heavy atom. The van der Waals surface area contributed by atoms with Gasteiger partial charge in [-0.25, -0.2) is 13.4 Å². The molecule has 2 aromatic rings. The molecule has 1 aliphatic carbocycles. The van der Waals surface area contributed by atoms with Crippen molar-refractivity contribution in [3.05, 3.63) is 40.4 Å². The first kappa shape index (κ1) is 17.1. The van der Waals surface area contributed by atoms with Gasteiger partial charge in [-0.1, -0.05) is 12.8 Å². The number of hydrogen-bond donors (Lipinski definition) is 1. The SMILES string of the molecule is Cc1nc(NC(=O)c2ccc(S(=O)(=O)C3CCCC3)cc2)sc1C. The van der Waals surface area contributed by atoms with Crippen LogP contribution in [0, 0.1) is 13.8 Å². The number of benzene rings is 1. The third-order valence-corrected chi connectivity index (χ3v) is 7.70. The molecule has 0 atom stereocenters. The van der Waals surface area contributed by atoms with Gasteiger partial charge in [0.1, 0.15) is 0 Å². The van der Waals surface area contributed by atoms with Gasteiger partial charge >= 0.3 is 0 Å². The molecule has 0 radical (unpaired) electrons. The molecule has 1 N–H and O–H groups in total. The highest BCUT2D eigenvalue weighted by Gasteiger charge is 2.30. The molecule has 1 fully saturated rings. The lowest BCUT2D eigenvalue weighted by atomic mass is 10.2. The van der Waals surface area contributed by atoms with Crippen molar-refractivity contribution in [2.24, 2.45) is 0 Å². The number of nitrogens with zero attached hydrogens (tertiary/aromatic N) is 1. The first-order chi connectivity index (χ1) is 11.4. The second-order valence-corrected chi connectivity index (χ2v) is 9.52. The van der Waals surface area contributed by atoms with Crippen LogP contribution in [0.25, 0.3) is 0 Å². The quantitative estimate of drug-likeness (QED) is 0.897. The van der Waals surface area contributed by atoms with Gasteiger partial charge in [-0.2, -0.15) is 0 Å². The molecule has 3 rings (SSSR count). The van der Waals surface area contributed by atoms with Gasteiger partial charge in [0.05, 0.1) is 15.8 Å². The molecule has 5 nitrogen and oxygen atoms in total. The second kappa shape index (κ2) is 6.64. The number of aromatic nitrogens is 1. The van der Waals surface area contributed by atoms with Crippen LogP contribution < -0.4 is 5.32 Å². The zero-order valence-electron chi connectivity index (χ0n) is 13.7.